The van der Waals surface area contributed by atoms with Gasteiger partial charge in [-0.3, -0.25) is 4.79 Å². The molecule has 0 spiro atoms. The molecule has 0 saturated carbocycles. The average molecular weight is 290 g/mol. The van der Waals surface area contributed by atoms with Gasteiger partial charge in [-0.2, -0.15) is 0 Å². The van der Waals surface area contributed by atoms with E-state index < -0.39 is 23.6 Å². The standard InChI is InChI=1S/C13H17F3N2O2/c1-3-7-12(2,17)11(19)18-9-5-4-6-10(8-9)20-13(14,15)16/h4-6,8H,3,7,17H2,1-2H3,(H,18,19). The summed E-state index contributed by atoms with van der Waals surface area (Å²) in [4.78, 5) is 11.9. The van der Waals surface area contributed by atoms with E-state index >= 15 is 0 Å². The summed E-state index contributed by atoms with van der Waals surface area (Å²) in [6.45, 7) is 3.46. The van der Waals surface area contributed by atoms with Crippen LogP contribution in [-0.4, -0.2) is 17.8 Å². The van der Waals surface area contributed by atoms with Crippen molar-refractivity contribution < 1.29 is 22.7 Å². The second-order valence-electron chi connectivity index (χ2n) is 4.70. The number of carbonyl (C=O) groups excluding carboxylic acids is 1. The van der Waals surface area contributed by atoms with Gasteiger partial charge in [-0.15, -0.1) is 13.2 Å². The molecule has 1 unspecified atom stereocenters. The Morgan fingerprint density at radius 1 is 1.40 bits per heavy atom. The fourth-order valence-corrected chi connectivity index (χ4v) is 1.68. The highest BCUT2D eigenvalue weighted by Gasteiger charge is 2.31. The molecule has 0 aromatic heterocycles. The Balaban J connectivity index is 2.78. The quantitative estimate of drug-likeness (QED) is 0.876. The number of hydrogen-bond donors (Lipinski definition) is 2. The molecule has 7 heteroatoms. The van der Waals surface area contributed by atoms with Gasteiger partial charge in [0.2, 0.25) is 5.91 Å². The maximum Gasteiger partial charge on any atom is 0.573 e. The van der Waals surface area contributed by atoms with Crippen LogP contribution in [0.25, 0.3) is 0 Å². The number of carbonyl (C=O) groups is 1. The molecule has 0 heterocycles. The second-order valence-corrected chi connectivity index (χ2v) is 4.70. The highest BCUT2D eigenvalue weighted by Crippen LogP contribution is 2.25. The molecule has 1 amide bonds. The Kier molecular flexibility index (Phi) is 4.99. The molecular weight excluding hydrogens is 273 g/mol. The van der Waals surface area contributed by atoms with Gasteiger partial charge in [0.1, 0.15) is 5.75 Å². The van der Waals surface area contributed by atoms with E-state index in [1.54, 1.807) is 6.92 Å². The van der Waals surface area contributed by atoms with Gasteiger partial charge in [-0.05, 0) is 25.5 Å². The number of anilines is 1. The van der Waals surface area contributed by atoms with E-state index in [-0.39, 0.29) is 5.69 Å². The molecule has 1 aromatic rings. The van der Waals surface area contributed by atoms with Crippen molar-refractivity contribution >= 4 is 11.6 Å². The van der Waals surface area contributed by atoms with E-state index in [4.69, 9.17) is 5.73 Å². The third-order valence-corrected chi connectivity index (χ3v) is 2.61. The number of alkyl halides is 3. The minimum atomic E-state index is -4.77. The number of nitrogens with two attached hydrogens (primary N) is 1. The number of nitrogens with one attached hydrogen (secondary N) is 1. The van der Waals surface area contributed by atoms with E-state index in [1.165, 1.54) is 12.1 Å². The van der Waals surface area contributed by atoms with Crippen LogP contribution in [0.15, 0.2) is 24.3 Å². The molecule has 0 aliphatic rings. The number of amides is 1. The van der Waals surface area contributed by atoms with Crippen LogP contribution in [0.1, 0.15) is 26.7 Å². The first-order valence-corrected chi connectivity index (χ1v) is 6.10. The minimum Gasteiger partial charge on any atom is -0.406 e. The van der Waals surface area contributed by atoms with E-state index in [9.17, 15) is 18.0 Å². The Labute approximate surface area is 115 Å². The summed E-state index contributed by atoms with van der Waals surface area (Å²) in [7, 11) is 0. The monoisotopic (exact) mass is 290 g/mol. The smallest absolute Gasteiger partial charge is 0.406 e. The molecule has 20 heavy (non-hydrogen) atoms. The van der Waals surface area contributed by atoms with Gasteiger partial charge >= 0.3 is 6.36 Å². The summed E-state index contributed by atoms with van der Waals surface area (Å²) in [5, 5.41) is 2.48. The van der Waals surface area contributed by atoms with Crippen LogP contribution in [0, 0.1) is 0 Å². The van der Waals surface area contributed by atoms with E-state index in [0.29, 0.717) is 6.42 Å². The fourth-order valence-electron chi connectivity index (χ4n) is 1.68. The summed E-state index contributed by atoms with van der Waals surface area (Å²) >= 11 is 0. The van der Waals surface area contributed by atoms with Crippen LogP contribution >= 0.6 is 0 Å². The summed E-state index contributed by atoms with van der Waals surface area (Å²) in [5.41, 5.74) is 4.96. The lowest BCUT2D eigenvalue weighted by molar-refractivity contribution is -0.274. The van der Waals surface area contributed by atoms with Crippen molar-refractivity contribution in [2.24, 2.45) is 5.73 Å². The molecule has 1 aromatic carbocycles. The predicted molar refractivity (Wildman–Crippen MR) is 69.3 cm³/mol. The summed E-state index contributed by atoms with van der Waals surface area (Å²) < 4.78 is 40.1. The Bertz CT molecular complexity index is 473. The zero-order valence-corrected chi connectivity index (χ0v) is 11.3. The molecule has 0 saturated heterocycles. The number of halogens is 3. The number of rotatable bonds is 5. The third-order valence-electron chi connectivity index (χ3n) is 2.61. The van der Waals surface area contributed by atoms with Crippen molar-refractivity contribution in [1.29, 1.82) is 0 Å². The largest absolute Gasteiger partial charge is 0.573 e. The minimum absolute atomic E-state index is 0.199. The third kappa shape index (κ3) is 5.08. The van der Waals surface area contributed by atoms with Gasteiger partial charge in [-0.1, -0.05) is 19.4 Å². The number of benzene rings is 1. The number of ether oxygens (including phenoxy) is 1. The van der Waals surface area contributed by atoms with Gasteiger partial charge in [0, 0.05) is 11.8 Å². The lowest BCUT2D eigenvalue weighted by Gasteiger charge is -2.23. The van der Waals surface area contributed by atoms with Crippen molar-refractivity contribution in [2.45, 2.75) is 38.6 Å². The van der Waals surface area contributed by atoms with Crippen molar-refractivity contribution in [2.75, 3.05) is 5.32 Å². The molecule has 0 aliphatic carbocycles. The van der Waals surface area contributed by atoms with E-state index in [0.717, 1.165) is 18.6 Å². The van der Waals surface area contributed by atoms with Crippen molar-refractivity contribution in [3.05, 3.63) is 24.3 Å². The fraction of sp³-hybridized carbons (Fsp3) is 0.462. The summed E-state index contributed by atoms with van der Waals surface area (Å²) in [6.07, 6.45) is -3.58. The molecule has 4 nitrogen and oxygen atoms in total. The first-order valence-electron chi connectivity index (χ1n) is 6.10. The zero-order valence-electron chi connectivity index (χ0n) is 11.3. The zero-order chi connectivity index (χ0) is 15.4. The van der Waals surface area contributed by atoms with Crippen LogP contribution in [0.4, 0.5) is 18.9 Å². The van der Waals surface area contributed by atoms with E-state index in [1.807, 2.05) is 6.92 Å². The Morgan fingerprint density at radius 2 is 2.05 bits per heavy atom. The Hall–Kier alpha value is -1.76. The first-order chi connectivity index (χ1) is 9.14. The normalized spacial score (nSPS) is 14.5. The van der Waals surface area contributed by atoms with Crippen LogP contribution in [0.5, 0.6) is 5.75 Å². The predicted octanol–water partition coefficient (Wildman–Crippen LogP) is 3.04. The molecule has 1 rings (SSSR count). The van der Waals surface area contributed by atoms with Gasteiger partial charge in [-0.25, -0.2) is 0 Å². The van der Waals surface area contributed by atoms with Crippen LogP contribution < -0.4 is 15.8 Å². The van der Waals surface area contributed by atoms with Crippen LogP contribution in [0.3, 0.4) is 0 Å². The average Bonchev–Trinajstić information content (AvgIpc) is 2.26. The van der Waals surface area contributed by atoms with Crippen LogP contribution in [0.2, 0.25) is 0 Å². The van der Waals surface area contributed by atoms with Crippen molar-refractivity contribution in [3.8, 4) is 5.75 Å². The molecule has 3 N–H and O–H groups in total. The SMILES string of the molecule is CCCC(C)(N)C(=O)Nc1cccc(OC(F)(F)F)c1. The number of hydrogen-bond acceptors (Lipinski definition) is 3. The second kappa shape index (κ2) is 6.13. The van der Waals surface area contributed by atoms with Crippen LogP contribution in [-0.2, 0) is 4.79 Å². The molecule has 0 aliphatic heterocycles. The van der Waals surface area contributed by atoms with Gasteiger partial charge in [0.15, 0.2) is 0 Å². The molecule has 0 fully saturated rings. The first kappa shape index (κ1) is 16.3. The summed E-state index contributed by atoms with van der Waals surface area (Å²) in [6, 6.07) is 5.05. The molecule has 0 bridgehead atoms. The molecule has 1 atom stereocenters. The Morgan fingerprint density at radius 3 is 2.60 bits per heavy atom. The molecule has 0 radical (unpaired) electrons. The van der Waals surface area contributed by atoms with Gasteiger partial charge in [0.05, 0.1) is 5.54 Å². The maximum atomic E-state index is 12.1. The van der Waals surface area contributed by atoms with E-state index in [2.05, 4.69) is 10.1 Å². The lowest BCUT2D eigenvalue weighted by Crippen LogP contribution is -2.48. The maximum absolute atomic E-state index is 12.1. The highest BCUT2D eigenvalue weighted by atomic mass is 19.4. The molecule has 112 valence electrons. The lowest BCUT2D eigenvalue weighted by atomic mass is 9.96. The van der Waals surface area contributed by atoms with Crippen molar-refractivity contribution in [1.82, 2.24) is 0 Å². The van der Waals surface area contributed by atoms with Gasteiger partial charge < -0.3 is 15.8 Å². The van der Waals surface area contributed by atoms with Gasteiger partial charge in [0.25, 0.3) is 0 Å². The van der Waals surface area contributed by atoms with Crippen molar-refractivity contribution in [3.63, 3.8) is 0 Å². The molecular formula is C13H17F3N2O2. The summed E-state index contributed by atoms with van der Waals surface area (Å²) in [5.74, 6) is -0.854. The topological polar surface area (TPSA) is 64.4 Å². The highest BCUT2D eigenvalue weighted by molar-refractivity contribution is 5.97.